The lowest BCUT2D eigenvalue weighted by Crippen LogP contribution is -3.16. The van der Waals surface area contributed by atoms with E-state index in [0.29, 0.717) is 13.2 Å². The van der Waals surface area contributed by atoms with E-state index in [0.717, 1.165) is 31.0 Å². The molecule has 0 fully saturated rings. The number of nitrogens with one attached hydrogen (secondary N) is 1. The Labute approximate surface area is 126 Å². The van der Waals surface area contributed by atoms with E-state index < -0.39 is 0 Å². The zero-order chi connectivity index (χ0) is 15.4. The highest BCUT2D eigenvalue weighted by Gasteiger charge is 2.28. The molecule has 2 rings (SSSR count). The lowest BCUT2D eigenvalue weighted by molar-refractivity contribution is -0.929. The molecule has 2 atom stereocenters. The van der Waals surface area contributed by atoms with Gasteiger partial charge < -0.3 is 20.1 Å². The van der Waals surface area contributed by atoms with Crippen molar-refractivity contribution >= 4 is 5.91 Å². The molecular formula is C16H25N2O3+. The Kier molecular flexibility index (Phi) is 5.07. The van der Waals surface area contributed by atoms with Crippen molar-refractivity contribution in [3.8, 4) is 11.5 Å². The lowest BCUT2D eigenvalue weighted by Gasteiger charge is -2.30. The Hall–Kier alpha value is -1.75. The van der Waals surface area contributed by atoms with Gasteiger partial charge in [0, 0.05) is 12.0 Å². The second kappa shape index (κ2) is 6.80. The first-order valence-corrected chi connectivity index (χ1v) is 7.62. The SMILES string of the molecule is CCOc1cc2c(cc1OCC)C[NH+]([C@H](C)C(N)=O)CC2. The van der Waals surface area contributed by atoms with Crippen LogP contribution in [0.1, 0.15) is 31.9 Å². The maximum atomic E-state index is 11.4. The predicted molar refractivity (Wildman–Crippen MR) is 80.7 cm³/mol. The molecule has 21 heavy (non-hydrogen) atoms. The van der Waals surface area contributed by atoms with Crippen molar-refractivity contribution in [2.45, 2.75) is 39.8 Å². The second-order valence-electron chi connectivity index (χ2n) is 5.39. The van der Waals surface area contributed by atoms with E-state index in [9.17, 15) is 4.79 Å². The number of primary amides is 1. The van der Waals surface area contributed by atoms with Crippen LogP contribution in [0.15, 0.2) is 12.1 Å². The van der Waals surface area contributed by atoms with Gasteiger partial charge in [-0.15, -0.1) is 0 Å². The smallest absolute Gasteiger partial charge is 0.275 e. The lowest BCUT2D eigenvalue weighted by atomic mass is 9.97. The molecule has 1 aliphatic heterocycles. The highest BCUT2D eigenvalue weighted by Crippen LogP contribution is 2.32. The summed E-state index contributed by atoms with van der Waals surface area (Å²) in [7, 11) is 0. The van der Waals surface area contributed by atoms with Crippen molar-refractivity contribution in [2.75, 3.05) is 19.8 Å². The summed E-state index contributed by atoms with van der Waals surface area (Å²) in [5.41, 5.74) is 7.92. The molecule has 0 aliphatic carbocycles. The number of carbonyl (C=O) groups is 1. The number of amides is 1. The number of hydrogen-bond donors (Lipinski definition) is 2. The number of quaternary nitrogens is 1. The molecule has 1 aromatic rings. The van der Waals surface area contributed by atoms with Gasteiger partial charge in [0.25, 0.3) is 5.91 Å². The maximum absolute atomic E-state index is 11.4. The maximum Gasteiger partial charge on any atom is 0.275 e. The van der Waals surface area contributed by atoms with Crippen LogP contribution in [-0.4, -0.2) is 31.7 Å². The first kappa shape index (κ1) is 15.6. The predicted octanol–water partition coefficient (Wildman–Crippen LogP) is 0.299. The fourth-order valence-corrected chi connectivity index (χ4v) is 2.78. The summed E-state index contributed by atoms with van der Waals surface area (Å²) in [6.45, 7) is 8.75. The Balaban J connectivity index is 2.26. The van der Waals surface area contributed by atoms with Gasteiger partial charge in [0.05, 0.1) is 19.8 Å². The van der Waals surface area contributed by atoms with Gasteiger partial charge in [0.15, 0.2) is 17.5 Å². The summed E-state index contributed by atoms with van der Waals surface area (Å²) in [6, 6.07) is 3.96. The number of ether oxygens (including phenoxy) is 2. The second-order valence-corrected chi connectivity index (χ2v) is 5.39. The van der Waals surface area contributed by atoms with Crippen molar-refractivity contribution in [1.82, 2.24) is 0 Å². The third kappa shape index (κ3) is 3.47. The number of nitrogens with two attached hydrogens (primary N) is 1. The Morgan fingerprint density at radius 3 is 2.33 bits per heavy atom. The Morgan fingerprint density at radius 1 is 1.24 bits per heavy atom. The summed E-state index contributed by atoms with van der Waals surface area (Å²) in [5, 5.41) is 0. The van der Waals surface area contributed by atoms with Gasteiger partial charge in [-0.1, -0.05) is 0 Å². The largest absolute Gasteiger partial charge is 0.490 e. The fraction of sp³-hybridized carbons (Fsp3) is 0.562. The quantitative estimate of drug-likeness (QED) is 0.793. The zero-order valence-electron chi connectivity index (χ0n) is 13.1. The summed E-state index contributed by atoms with van der Waals surface area (Å²) >= 11 is 0. The first-order valence-electron chi connectivity index (χ1n) is 7.62. The van der Waals surface area contributed by atoms with Crippen LogP contribution in [0.25, 0.3) is 0 Å². The van der Waals surface area contributed by atoms with Crippen LogP contribution in [0.5, 0.6) is 11.5 Å². The molecule has 3 N–H and O–H groups in total. The molecule has 0 radical (unpaired) electrons. The highest BCUT2D eigenvalue weighted by molar-refractivity contribution is 5.77. The molecule has 1 aromatic carbocycles. The number of benzene rings is 1. The molecule has 1 heterocycles. The van der Waals surface area contributed by atoms with Gasteiger partial charge in [0.1, 0.15) is 6.54 Å². The van der Waals surface area contributed by atoms with Crippen molar-refractivity contribution in [3.63, 3.8) is 0 Å². The van der Waals surface area contributed by atoms with E-state index in [1.54, 1.807) is 0 Å². The van der Waals surface area contributed by atoms with E-state index in [1.807, 2.05) is 20.8 Å². The average Bonchev–Trinajstić information content (AvgIpc) is 2.47. The van der Waals surface area contributed by atoms with Crippen LogP contribution in [0.3, 0.4) is 0 Å². The number of hydrogen-bond acceptors (Lipinski definition) is 3. The molecule has 0 aromatic heterocycles. The fourth-order valence-electron chi connectivity index (χ4n) is 2.78. The van der Waals surface area contributed by atoms with Crippen LogP contribution < -0.4 is 20.1 Å². The molecular weight excluding hydrogens is 268 g/mol. The van der Waals surface area contributed by atoms with Crippen molar-refractivity contribution in [2.24, 2.45) is 5.73 Å². The third-order valence-electron chi connectivity index (χ3n) is 4.04. The van der Waals surface area contributed by atoms with Crippen molar-refractivity contribution in [1.29, 1.82) is 0 Å². The minimum Gasteiger partial charge on any atom is -0.490 e. The van der Waals surface area contributed by atoms with E-state index in [1.165, 1.54) is 16.0 Å². The van der Waals surface area contributed by atoms with Crippen LogP contribution in [0, 0.1) is 0 Å². The van der Waals surface area contributed by atoms with Crippen LogP contribution in [0.4, 0.5) is 0 Å². The van der Waals surface area contributed by atoms with Crippen molar-refractivity contribution < 1.29 is 19.2 Å². The number of carbonyl (C=O) groups excluding carboxylic acids is 1. The van der Waals surface area contributed by atoms with Crippen molar-refractivity contribution in [3.05, 3.63) is 23.3 Å². The molecule has 5 nitrogen and oxygen atoms in total. The minimum atomic E-state index is -0.246. The summed E-state index contributed by atoms with van der Waals surface area (Å²) in [5.74, 6) is 1.35. The van der Waals surface area contributed by atoms with Gasteiger partial charge in [-0.3, -0.25) is 4.79 Å². The van der Waals surface area contributed by atoms with E-state index in [-0.39, 0.29) is 11.9 Å². The normalized spacial score (nSPS) is 18.7. The molecule has 0 saturated carbocycles. The Bertz CT molecular complexity index is 516. The standard InChI is InChI=1S/C16H24N2O3/c1-4-20-14-8-12-6-7-18(11(3)16(17)19)10-13(12)9-15(14)21-5-2/h8-9,11H,4-7,10H2,1-3H3,(H2,17,19)/p+1/t11-/m1/s1. The molecule has 0 bridgehead atoms. The van der Waals surface area contributed by atoms with Gasteiger partial charge in [-0.05, 0) is 38.5 Å². The first-order chi connectivity index (χ1) is 10.1. The molecule has 1 aliphatic rings. The molecule has 116 valence electrons. The van der Waals surface area contributed by atoms with Gasteiger partial charge in [0.2, 0.25) is 0 Å². The average molecular weight is 293 g/mol. The van der Waals surface area contributed by atoms with Crippen LogP contribution in [0.2, 0.25) is 0 Å². The number of fused-ring (bicyclic) bond motifs is 1. The van der Waals surface area contributed by atoms with Crippen LogP contribution in [-0.2, 0) is 17.8 Å². The molecule has 0 saturated heterocycles. The summed E-state index contributed by atoms with van der Waals surface area (Å²) in [6.07, 6.45) is 0.925. The topological polar surface area (TPSA) is 66.0 Å². The summed E-state index contributed by atoms with van der Waals surface area (Å²) in [4.78, 5) is 12.6. The summed E-state index contributed by atoms with van der Waals surface area (Å²) < 4.78 is 11.3. The Morgan fingerprint density at radius 2 is 1.81 bits per heavy atom. The molecule has 1 unspecified atom stereocenters. The third-order valence-corrected chi connectivity index (χ3v) is 4.04. The van der Waals surface area contributed by atoms with Crippen LogP contribution >= 0.6 is 0 Å². The highest BCUT2D eigenvalue weighted by atomic mass is 16.5. The van der Waals surface area contributed by atoms with Gasteiger partial charge in [-0.2, -0.15) is 0 Å². The molecule has 5 heteroatoms. The van der Waals surface area contributed by atoms with E-state index in [4.69, 9.17) is 15.2 Å². The molecule has 1 amide bonds. The monoisotopic (exact) mass is 293 g/mol. The minimum absolute atomic E-state index is 0.166. The molecule has 0 spiro atoms. The number of rotatable bonds is 6. The van der Waals surface area contributed by atoms with Gasteiger partial charge in [-0.25, -0.2) is 0 Å². The zero-order valence-corrected chi connectivity index (χ0v) is 13.1. The van der Waals surface area contributed by atoms with E-state index >= 15 is 0 Å². The van der Waals surface area contributed by atoms with Gasteiger partial charge >= 0.3 is 0 Å². The van der Waals surface area contributed by atoms with E-state index in [2.05, 4.69) is 12.1 Å².